The molecule has 0 aromatic carbocycles. The fraction of sp³-hybridized carbons (Fsp3) is 0.824. The predicted octanol–water partition coefficient (Wildman–Crippen LogP) is 0.530. The highest BCUT2D eigenvalue weighted by molar-refractivity contribution is 5.84. The van der Waals surface area contributed by atoms with Crippen molar-refractivity contribution in [3.05, 3.63) is 0 Å². The van der Waals surface area contributed by atoms with Crippen molar-refractivity contribution in [2.75, 3.05) is 26.2 Å². The van der Waals surface area contributed by atoms with E-state index in [9.17, 15) is 14.4 Å². The minimum Gasteiger partial charge on any atom is -0.480 e. The maximum atomic E-state index is 12.2. The Balaban J connectivity index is 1.70. The number of carbonyl (C=O) groups excluding carboxylic acids is 2. The van der Waals surface area contributed by atoms with E-state index in [1.165, 1.54) is 0 Å². The Bertz CT molecular complexity index is 501. The molecule has 2 aliphatic rings. The molecular formula is C17H30N4O4. The molecule has 0 saturated heterocycles. The first kappa shape index (κ1) is 19.5. The Kier molecular flexibility index (Phi) is 6.64. The number of hydrogen-bond donors (Lipinski definition) is 4. The summed E-state index contributed by atoms with van der Waals surface area (Å²) in [5.41, 5.74) is -0.448. The highest BCUT2D eigenvalue weighted by Crippen LogP contribution is 2.40. The van der Waals surface area contributed by atoms with Gasteiger partial charge in [0, 0.05) is 25.2 Å². The van der Waals surface area contributed by atoms with Crippen LogP contribution in [0.2, 0.25) is 0 Å². The first-order valence-electron chi connectivity index (χ1n) is 9.18. The average Bonchev–Trinajstić information content (AvgIpc) is 2.47. The number of carboxylic acids is 1. The molecule has 0 aromatic heterocycles. The summed E-state index contributed by atoms with van der Waals surface area (Å²) >= 11 is 0. The van der Waals surface area contributed by atoms with Gasteiger partial charge in [0.15, 0.2) is 0 Å². The zero-order chi connectivity index (χ0) is 18.4. The van der Waals surface area contributed by atoms with Crippen molar-refractivity contribution >= 4 is 17.9 Å². The molecule has 4 N–H and O–H groups in total. The maximum Gasteiger partial charge on any atom is 0.317 e. The number of likely N-dealkylation sites (N-methyl/N-ethyl adjacent to an activating group) is 1. The number of hydrogen-bond acceptors (Lipinski definition) is 4. The van der Waals surface area contributed by atoms with E-state index < -0.39 is 11.4 Å². The zero-order valence-corrected chi connectivity index (χ0v) is 15.1. The Hall–Kier alpha value is -1.83. The summed E-state index contributed by atoms with van der Waals surface area (Å²) in [6, 6.07) is 0.0228. The third kappa shape index (κ3) is 4.84. The SMILES string of the molecule is CCNC(=O)C1(CNC(=O)NC2CC(N(CC)CC(=O)O)C2)CCC1. The molecule has 142 valence electrons. The van der Waals surface area contributed by atoms with Crippen molar-refractivity contribution in [3.8, 4) is 0 Å². The van der Waals surface area contributed by atoms with Gasteiger partial charge in [0.25, 0.3) is 0 Å². The lowest BCUT2D eigenvalue weighted by Crippen LogP contribution is -2.58. The van der Waals surface area contributed by atoms with Gasteiger partial charge in [-0.1, -0.05) is 13.3 Å². The fourth-order valence-corrected chi connectivity index (χ4v) is 3.60. The lowest BCUT2D eigenvalue weighted by Gasteiger charge is -2.43. The molecule has 0 spiro atoms. The number of carboxylic acid groups (broad SMARTS) is 1. The third-order valence-corrected chi connectivity index (χ3v) is 5.43. The largest absolute Gasteiger partial charge is 0.480 e. The monoisotopic (exact) mass is 354 g/mol. The number of rotatable bonds is 9. The summed E-state index contributed by atoms with van der Waals surface area (Å²) in [6.07, 6.45) is 4.16. The first-order chi connectivity index (χ1) is 11.9. The summed E-state index contributed by atoms with van der Waals surface area (Å²) < 4.78 is 0. The van der Waals surface area contributed by atoms with Gasteiger partial charge in [-0.15, -0.1) is 0 Å². The molecule has 0 radical (unpaired) electrons. The van der Waals surface area contributed by atoms with Gasteiger partial charge in [0.1, 0.15) is 0 Å². The van der Waals surface area contributed by atoms with Gasteiger partial charge in [0.05, 0.1) is 12.0 Å². The van der Waals surface area contributed by atoms with Gasteiger partial charge in [-0.25, -0.2) is 4.79 Å². The third-order valence-electron chi connectivity index (χ3n) is 5.43. The fourth-order valence-electron chi connectivity index (χ4n) is 3.60. The summed E-state index contributed by atoms with van der Waals surface area (Å²) in [5.74, 6) is -0.801. The molecule has 2 fully saturated rings. The van der Waals surface area contributed by atoms with Crippen molar-refractivity contribution in [3.63, 3.8) is 0 Å². The number of nitrogens with one attached hydrogen (secondary N) is 3. The molecule has 0 heterocycles. The first-order valence-corrected chi connectivity index (χ1v) is 9.18. The van der Waals surface area contributed by atoms with Crippen LogP contribution in [0.4, 0.5) is 4.79 Å². The van der Waals surface area contributed by atoms with Crippen molar-refractivity contribution in [1.82, 2.24) is 20.9 Å². The second kappa shape index (κ2) is 8.51. The normalized spacial score (nSPS) is 24.0. The van der Waals surface area contributed by atoms with Crippen LogP contribution in [0.3, 0.4) is 0 Å². The Labute approximate surface area is 148 Å². The van der Waals surface area contributed by atoms with Crippen LogP contribution in [-0.2, 0) is 9.59 Å². The predicted molar refractivity (Wildman–Crippen MR) is 93.2 cm³/mol. The van der Waals surface area contributed by atoms with Gasteiger partial charge in [-0.3, -0.25) is 14.5 Å². The van der Waals surface area contributed by atoms with Crippen LogP contribution in [0.15, 0.2) is 0 Å². The summed E-state index contributed by atoms with van der Waals surface area (Å²) in [7, 11) is 0. The van der Waals surface area contributed by atoms with E-state index in [1.807, 2.05) is 18.7 Å². The molecular weight excluding hydrogens is 324 g/mol. The average molecular weight is 354 g/mol. The van der Waals surface area contributed by atoms with Crippen LogP contribution in [-0.4, -0.2) is 66.2 Å². The van der Waals surface area contributed by atoms with Crippen molar-refractivity contribution in [1.29, 1.82) is 0 Å². The molecule has 3 amide bonds. The standard InChI is InChI=1S/C17H30N4O4/c1-3-18-15(24)17(6-5-7-17)11-19-16(25)20-12-8-13(9-12)21(4-2)10-14(22)23/h12-13H,3-11H2,1-2H3,(H,18,24)(H,22,23)(H2,19,20,25). The lowest BCUT2D eigenvalue weighted by molar-refractivity contribution is -0.139. The number of carbonyl (C=O) groups is 3. The second-order valence-corrected chi connectivity index (χ2v) is 7.10. The quantitative estimate of drug-likeness (QED) is 0.483. The molecule has 0 aliphatic heterocycles. The molecule has 0 aromatic rings. The van der Waals surface area contributed by atoms with Crippen molar-refractivity contribution in [2.45, 2.75) is 58.0 Å². The van der Waals surface area contributed by atoms with Crippen LogP contribution in [0, 0.1) is 5.41 Å². The van der Waals surface area contributed by atoms with Crippen LogP contribution in [0.1, 0.15) is 46.0 Å². The van der Waals surface area contributed by atoms with Crippen molar-refractivity contribution in [2.24, 2.45) is 5.41 Å². The van der Waals surface area contributed by atoms with E-state index in [1.54, 1.807) is 0 Å². The van der Waals surface area contributed by atoms with Crippen LogP contribution >= 0.6 is 0 Å². The molecule has 8 heteroatoms. The molecule has 0 bridgehead atoms. The van der Waals surface area contributed by atoms with Crippen LogP contribution in [0.5, 0.6) is 0 Å². The van der Waals surface area contributed by atoms with Gasteiger partial charge in [-0.05, 0) is 39.2 Å². The van der Waals surface area contributed by atoms with E-state index in [-0.39, 0.29) is 30.6 Å². The van der Waals surface area contributed by atoms with Crippen molar-refractivity contribution < 1.29 is 19.5 Å². The molecule has 25 heavy (non-hydrogen) atoms. The van der Waals surface area contributed by atoms with E-state index >= 15 is 0 Å². The van der Waals surface area contributed by atoms with E-state index in [0.29, 0.717) is 19.6 Å². The minimum absolute atomic E-state index is 0.0255. The molecule has 0 atom stereocenters. The molecule has 0 unspecified atom stereocenters. The van der Waals surface area contributed by atoms with Crippen LogP contribution in [0.25, 0.3) is 0 Å². The Morgan fingerprint density at radius 1 is 1.16 bits per heavy atom. The van der Waals surface area contributed by atoms with E-state index in [4.69, 9.17) is 5.11 Å². The number of urea groups is 1. The van der Waals surface area contributed by atoms with Gasteiger partial charge >= 0.3 is 12.0 Å². The highest BCUT2D eigenvalue weighted by Gasteiger charge is 2.44. The second-order valence-electron chi connectivity index (χ2n) is 7.10. The van der Waals surface area contributed by atoms with E-state index in [2.05, 4.69) is 16.0 Å². The van der Waals surface area contributed by atoms with E-state index in [0.717, 1.165) is 32.1 Å². The number of amides is 3. The number of nitrogens with zero attached hydrogens (tertiary/aromatic N) is 1. The number of aliphatic carboxylic acids is 1. The topological polar surface area (TPSA) is 111 Å². The van der Waals surface area contributed by atoms with Gasteiger partial charge in [-0.2, -0.15) is 0 Å². The minimum atomic E-state index is -0.827. The summed E-state index contributed by atoms with van der Waals surface area (Å²) in [4.78, 5) is 37.0. The molecule has 2 aliphatic carbocycles. The Morgan fingerprint density at radius 3 is 2.32 bits per heavy atom. The van der Waals surface area contributed by atoms with Crippen LogP contribution < -0.4 is 16.0 Å². The smallest absolute Gasteiger partial charge is 0.317 e. The lowest BCUT2D eigenvalue weighted by atomic mass is 9.68. The Morgan fingerprint density at radius 2 is 1.84 bits per heavy atom. The zero-order valence-electron chi connectivity index (χ0n) is 15.1. The molecule has 8 nitrogen and oxygen atoms in total. The maximum absolute atomic E-state index is 12.2. The van der Waals surface area contributed by atoms with Gasteiger partial charge < -0.3 is 21.1 Å². The molecule has 2 rings (SSSR count). The summed E-state index contributed by atoms with van der Waals surface area (Å²) in [5, 5.41) is 17.5. The molecule has 2 saturated carbocycles. The van der Waals surface area contributed by atoms with Gasteiger partial charge in [0.2, 0.25) is 5.91 Å². The summed E-state index contributed by atoms with van der Waals surface area (Å²) in [6.45, 7) is 5.51. The highest BCUT2D eigenvalue weighted by atomic mass is 16.4.